The molecule has 0 aromatic carbocycles. The van der Waals surface area contributed by atoms with Crippen molar-refractivity contribution in [2.24, 2.45) is 0 Å². The van der Waals surface area contributed by atoms with Gasteiger partial charge in [-0.3, -0.25) is 0 Å². The molecule has 0 saturated carbocycles. The fraction of sp³-hybridized carbons (Fsp3) is 0.455. The smallest absolute Gasteiger partial charge is 0.177 e. The van der Waals surface area contributed by atoms with E-state index in [1.54, 1.807) is 6.08 Å². The van der Waals surface area contributed by atoms with Crippen LogP contribution in [0.2, 0.25) is 0 Å². The minimum absolute atomic E-state index is 0.175. The van der Waals surface area contributed by atoms with E-state index in [-0.39, 0.29) is 10.7 Å². The second-order valence-electron chi connectivity index (χ2n) is 3.09. The van der Waals surface area contributed by atoms with Gasteiger partial charge in [0.2, 0.25) is 0 Å². The van der Waals surface area contributed by atoms with Crippen LogP contribution in [0.25, 0.3) is 0 Å². The minimum atomic E-state index is -3.13. The van der Waals surface area contributed by atoms with Gasteiger partial charge in [-0.1, -0.05) is 45.1 Å². The summed E-state index contributed by atoms with van der Waals surface area (Å²) in [5.74, 6) is 0.196. The van der Waals surface area contributed by atoms with Crippen LogP contribution in [0.4, 0.5) is 0 Å². The fourth-order valence-corrected chi connectivity index (χ4v) is 2.08. The van der Waals surface area contributed by atoms with Crippen LogP contribution in [-0.2, 0) is 9.84 Å². The van der Waals surface area contributed by atoms with Crippen molar-refractivity contribution in [3.05, 3.63) is 36.3 Å². The SMILES string of the molecule is C=C/C=C\C(=C)S(=O)(=O)CCCCC. The summed E-state index contributed by atoms with van der Waals surface area (Å²) in [5, 5.41) is 0. The van der Waals surface area contributed by atoms with Crippen molar-refractivity contribution in [2.45, 2.75) is 26.2 Å². The molecule has 80 valence electrons. The molecule has 0 unspecified atom stereocenters. The molecule has 0 amide bonds. The summed E-state index contributed by atoms with van der Waals surface area (Å²) in [7, 11) is -3.13. The molecule has 3 heteroatoms. The second kappa shape index (κ2) is 6.60. The van der Waals surface area contributed by atoms with Gasteiger partial charge in [0.1, 0.15) is 0 Å². The standard InChI is InChI=1S/C11H18O2S/c1-4-6-8-10-14(12,13)11(3)9-7-5-2/h5,7,9H,2-4,6,8,10H2,1H3/b9-7-. The van der Waals surface area contributed by atoms with E-state index < -0.39 is 9.84 Å². The van der Waals surface area contributed by atoms with E-state index in [0.717, 1.165) is 12.8 Å². The highest BCUT2D eigenvalue weighted by molar-refractivity contribution is 7.95. The quantitative estimate of drug-likeness (QED) is 0.482. The fourth-order valence-electron chi connectivity index (χ4n) is 0.952. The number of rotatable bonds is 7. The number of allylic oxidation sites excluding steroid dienone is 3. The predicted molar refractivity (Wildman–Crippen MR) is 61.8 cm³/mol. The lowest BCUT2D eigenvalue weighted by Crippen LogP contribution is -2.06. The van der Waals surface area contributed by atoms with Crippen LogP contribution < -0.4 is 0 Å². The molecule has 0 fully saturated rings. The molecule has 0 N–H and O–H groups in total. The zero-order valence-electron chi connectivity index (χ0n) is 8.70. The van der Waals surface area contributed by atoms with Gasteiger partial charge in [-0.05, 0) is 12.5 Å². The highest BCUT2D eigenvalue weighted by Gasteiger charge is 2.11. The third-order valence-electron chi connectivity index (χ3n) is 1.83. The number of sulfone groups is 1. The van der Waals surface area contributed by atoms with Crippen molar-refractivity contribution in [1.29, 1.82) is 0 Å². The molecule has 0 aliphatic rings. The Labute approximate surface area is 86.9 Å². The Bertz CT molecular complexity index is 310. The van der Waals surface area contributed by atoms with Crippen LogP contribution in [-0.4, -0.2) is 14.2 Å². The van der Waals surface area contributed by atoms with Gasteiger partial charge in [-0.2, -0.15) is 0 Å². The topological polar surface area (TPSA) is 34.1 Å². The maximum atomic E-state index is 11.5. The molecule has 0 aliphatic heterocycles. The molecule has 0 radical (unpaired) electrons. The van der Waals surface area contributed by atoms with E-state index in [2.05, 4.69) is 13.2 Å². The molecule has 0 heterocycles. The van der Waals surface area contributed by atoms with Crippen molar-refractivity contribution >= 4 is 9.84 Å². The number of hydrogen-bond donors (Lipinski definition) is 0. The Morgan fingerprint density at radius 2 is 2.00 bits per heavy atom. The summed E-state index contributed by atoms with van der Waals surface area (Å²) in [6.45, 7) is 9.03. The lowest BCUT2D eigenvalue weighted by Gasteiger charge is -2.02. The number of hydrogen-bond acceptors (Lipinski definition) is 2. The van der Waals surface area contributed by atoms with Gasteiger partial charge in [0.05, 0.1) is 10.7 Å². The van der Waals surface area contributed by atoms with Crippen LogP contribution in [0, 0.1) is 0 Å². The first-order valence-corrected chi connectivity index (χ1v) is 6.40. The first kappa shape index (κ1) is 13.2. The molecule has 0 bridgehead atoms. The van der Waals surface area contributed by atoms with Crippen LogP contribution >= 0.6 is 0 Å². The maximum Gasteiger partial charge on any atom is 0.177 e. The highest BCUT2D eigenvalue weighted by Crippen LogP contribution is 2.09. The lowest BCUT2D eigenvalue weighted by atomic mass is 10.3. The van der Waals surface area contributed by atoms with Crippen LogP contribution in [0.15, 0.2) is 36.3 Å². The van der Waals surface area contributed by atoms with E-state index >= 15 is 0 Å². The van der Waals surface area contributed by atoms with E-state index in [1.165, 1.54) is 12.2 Å². The van der Waals surface area contributed by atoms with Crippen LogP contribution in [0.3, 0.4) is 0 Å². The van der Waals surface area contributed by atoms with Gasteiger partial charge in [0, 0.05) is 0 Å². The van der Waals surface area contributed by atoms with Gasteiger partial charge in [-0.25, -0.2) is 8.42 Å². The first-order valence-electron chi connectivity index (χ1n) is 4.75. The Kier molecular flexibility index (Phi) is 6.21. The van der Waals surface area contributed by atoms with Gasteiger partial charge >= 0.3 is 0 Å². The van der Waals surface area contributed by atoms with E-state index in [0.29, 0.717) is 6.42 Å². The molecule has 0 saturated heterocycles. The largest absolute Gasteiger partial charge is 0.224 e. The summed E-state index contributed by atoms with van der Waals surface area (Å²) >= 11 is 0. The summed E-state index contributed by atoms with van der Waals surface area (Å²) in [6.07, 6.45) is 7.27. The Balaban J connectivity index is 4.25. The third kappa shape index (κ3) is 5.02. The van der Waals surface area contributed by atoms with Crippen molar-refractivity contribution in [3.63, 3.8) is 0 Å². The van der Waals surface area contributed by atoms with E-state index in [9.17, 15) is 8.42 Å². The average Bonchev–Trinajstić information content (AvgIpc) is 2.14. The second-order valence-corrected chi connectivity index (χ2v) is 5.25. The molecule has 0 aromatic heterocycles. The van der Waals surface area contributed by atoms with Gasteiger partial charge in [0.25, 0.3) is 0 Å². The van der Waals surface area contributed by atoms with Crippen molar-refractivity contribution in [1.82, 2.24) is 0 Å². The normalized spacial score (nSPS) is 11.8. The average molecular weight is 214 g/mol. The van der Waals surface area contributed by atoms with Crippen molar-refractivity contribution < 1.29 is 8.42 Å². The molecule has 14 heavy (non-hydrogen) atoms. The molecule has 0 atom stereocenters. The zero-order chi connectivity index (χ0) is 11.0. The van der Waals surface area contributed by atoms with Gasteiger partial charge in [-0.15, -0.1) is 0 Å². The van der Waals surface area contributed by atoms with Crippen molar-refractivity contribution in [2.75, 3.05) is 5.75 Å². The third-order valence-corrected chi connectivity index (χ3v) is 3.60. The van der Waals surface area contributed by atoms with Crippen LogP contribution in [0.1, 0.15) is 26.2 Å². The van der Waals surface area contributed by atoms with Gasteiger partial charge in [0.15, 0.2) is 9.84 Å². The summed E-state index contributed by atoms with van der Waals surface area (Å²) < 4.78 is 23.1. The molecule has 0 rings (SSSR count). The summed E-state index contributed by atoms with van der Waals surface area (Å²) in [4.78, 5) is 0.175. The predicted octanol–water partition coefficient (Wildman–Crippen LogP) is 2.85. The minimum Gasteiger partial charge on any atom is -0.224 e. The molecular formula is C11H18O2S. The molecule has 0 aromatic rings. The summed E-state index contributed by atoms with van der Waals surface area (Å²) in [5.41, 5.74) is 0. The van der Waals surface area contributed by atoms with Crippen LogP contribution in [0.5, 0.6) is 0 Å². The first-order chi connectivity index (χ1) is 6.54. The Morgan fingerprint density at radius 3 is 2.50 bits per heavy atom. The molecule has 0 spiro atoms. The highest BCUT2D eigenvalue weighted by atomic mass is 32.2. The lowest BCUT2D eigenvalue weighted by molar-refractivity contribution is 0.598. The Morgan fingerprint density at radius 1 is 1.36 bits per heavy atom. The van der Waals surface area contributed by atoms with Gasteiger partial charge < -0.3 is 0 Å². The monoisotopic (exact) mass is 214 g/mol. The van der Waals surface area contributed by atoms with Crippen molar-refractivity contribution in [3.8, 4) is 0 Å². The van der Waals surface area contributed by atoms with E-state index in [4.69, 9.17) is 0 Å². The Hall–Kier alpha value is -0.830. The molecular weight excluding hydrogens is 196 g/mol. The molecule has 0 aliphatic carbocycles. The molecule has 2 nitrogen and oxygen atoms in total. The number of unbranched alkanes of at least 4 members (excludes halogenated alkanes) is 2. The van der Waals surface area contributed by atoms with E-state index in [1.807, 2.05) is 6.92 Å². The summed E-state index contributed by atoms with van der Waals surface area (Å²) in [6, 6.07) is 0. The zero-order valence-corrected chi connectivity index (χ0v) is 9.52. The maximum absolute atomic E-state index is 11.5.